The molecule has 1 atom stereocenters. The number of hydrogen-bond acceptors (Lipinski definition) is 0. The van der Waals surface area contributed by atoms with Gasteiger partial charge >= 0.3 is 0 Å². The maximum Gasteiger partial charge on any atom is 0.0255 e. The summed E-state index contributed by atoms with van der Waals surface area (Å²) in [6.07, 6.45) is 4.95. The van der Waals surface area contributed by atoms with E-state index in [-0.39, 0.29) is 0 Å². The number of halogens is 1. The minimum atomic E-state index is 0.628. The lowest BCUT2D eigenvalue weighted by Crippen LogP contribution is -2.12. The molecule has 17 heavy (non-hydrogen) atoms. The Hall–Kier alpha value is -0.490. The molecule has 0 aliphatic rings. The van der Waals surface area contributed by atoms with Crippen molar-refractivity contribution in [2.24, 2.45) is 11.8 Å². The molecule has 0 N–H and O–H groups in total. The summed E-state index contributed by atoms with van der Waals surface area (Å²) in [5, 5.41) is 0. The quantitative estimate of drug-likeness (QED) is 0.584. The molecular weight excluding hydrogens is 228 g/mol. The molecule has 1 unspecified atom stereocenters. The largest absolute Gasteiger partial charge is 0.126 e. The van der Waals surface area contributed by atoms with Gasteiger partial charge in [0.2, 0.25) is 0 Å². The zero-order valence-electron chi connectivity index (χ0n) is 11.4. The molecule has 0 nitrogen and oxygen atoms in total. The predicted octanol–water partition coefficient (Wildman–Crippen LogP) is 5.22. The van der Waals surface area contributed by atoms with Crippen molar-refractivity contribution in [3.05, 3.63) is 35.4 Å². The zero-order valence-corrected chi connectivity index (χ0v) is 12.1. The van der Waals surface area contributed by atoms with Crippen molar-refractivity contribution in [2.75, 3.05) is 5.88 Å². The molecule has 1 heteroatoms. The molecule has 0 fully saturated rings. The van der Waals surface area contributed by atoms with E-state index in [1.54, 1.807) is 0 Å². The van der Waals surface area contributed by atoms with Gasteiger partial charge in [-0.2, -0.15) is 0 Å². The third kappa shape index (κ3) is 5.12. The predicted molar refractivity (Wildman–Crippen MR) is 77.8 cm³/mol. The van der Waals surface area contributed by atoms with E-state index in [4.69, 9.17) is 11.6 Å². The molecule has 0 saturated carbocycles. The Bertz CT molecular complexity index is 315. The highest BCUT2D eigenvalue weighted by Crippen LogP contribution is 2.23. The van der Waals surface area contributed by atoms with Crippen LogP contribution < -0.4 is 0 Å². The Morgan fingerprint density at radius 1 is 1.12 bits per heavy atom. The van der Waals surface area contributed by atoms with E-state index in [1.165, 1.54) is 30.4 Å². The maximum atomic E-state index is 6.12. The van der Waals surface area contributed by atoms with Gasteiger partial charge in [-0.25, -0.2) is 0 Å². The van der Waals surface area contributed by atoms with Gasteiger partial charge in [0.1, 0.15) is 0 Å². The molecule has 0 heterocycles. The lowest BCUT2D eigenvalue weighted by atomic mass is 9.87. The van der Waals surface area contributed by atoms with Crippen LogP contribution in [0.2, 0.25) is 0 Å². The van der Waals surface area contributed by atoms with E-state index < -0.39 is 0 Å². The molecule has 1 rings (SSSR count). The van der Waals surface area contributed by atoms with Crippen LogP contribution in [0.25, 0.3) is 0 Å². The maximum absolute atomic E-state index is 6.12. The van der Waals surface area contributed by atoms with Crippen LogP contribution in [0.3, 0.4) is 0 Å². The fourth-order valence-electron chi connectivity index (χ4n) is 2.47. The van der Waals surface area contributed by atoms with Crippen LogP contribution in [-0.2, 0) is 6.42 Å². The van der Waals surface area contributed by atoms with E-state index in [1.807, 2.05) is 0 Å². The number of alkyl halides is 1. The third-order valence-electron chi connectivity index (χ3n) is 3.65. The Morgan fingerprint density at radius 2 is 1.82 bits per heavy atom. The fraction of sp³-hybridized carbons (Fsp3) is 0.625. The Labute approximate surface area is 111 Å². The van der Waals surface area contributed by atoms with Crippen LogP contribution in [-0.4, -0.2) is 5.88 Å². The van der Waals surface area contributed by atoms with E-state index in [9.17, 15) is 0 Å². The second-order valence-corrected chi connectivity index (χ2v) is 5.44. The van der Waals surface area contributed by atoms with Crippen molar-refractivity contribution in [1.29, 1.82) is 0 Å². The SMILES string of the molecule is CCC(CC)CC(CCl)Cc1cccc(C)c1. The molecule has 0 aliphatic heterocycles. The number of aryl methyl sites for hydroxylation is 1. The first-order valence-corrected chi connectivity index (χ1v) is 7.34. The first-order valence-electron chi connectivity index (χ1n) is 6.81. The summed E-state index contributed by atoms with van der Waals surface area (Å²) in [5.41, 5.74) is 2.78. The van der Waals surface area contributed by atoms with Crippen LogP contribution in [0.4, 0.5) is 0 Å². The van der Waals surface area contributed by atoms with Crippen molar-refractivity contribution in [3.63, 3.8) is 0 Å². The molecule has 0 aromatic heterocycles. The summed E-state index contributed by atoms with van der Waals surface area (Å²) in [7, 11) is 0. The fourth-order valence-corrected chi connectivity index (χ4v) is 2.70. The molecule has 0 amide bonds. The minimum Gasteiger partial charge on any atom is -0.126 e. The Morgan fingerprint density at radius 3 is 2.35 bits per heavy atom. The van der Waals surface area contributed by atoms with Gasteiger partial charge in [0.15, 0.2) is 0 Å². The lowest BCUT2D eigenvalue weighted by molar-refractivity contribution is 0.372. The second kappa shape index (κ2) is 7.76. The molecule has 0 aliphatic carbocycles. The second-order valence-electron chi connectivity index (χ2n) is 5.13. The molecule has 0 radical (unpaired) electrons. The normalized spacial score (nSPS) is 13.0. The van der Waals surface area contributed by atoms with Crippen molar-refractivity contribution in [1.82, 2.24) is 0 Å². The number of benzene rings is 1. The van der Waals surface area contributed by atoms with Gasteiger partial charge in [-0.3, -0.25) is 0 Å². The van der Waals surface area contributed by atoms with E-state index in [2.05, 4.69) is 45.0 Å². The number of rotatable bonds is 7. The van der Waals surface area contributed by atoms with Crippen LogP contribution in [0.5, 0.6) is 0 Å². The van der Waals surface area contributed by atoms with Gasteiger partial charge in [0, 0.05) is 5.88 Å². The van der Waals surface area contributed by atoms with E-state index >= 15 is 0 Å². The standard InChI is InChI=1S/C16H25Cl/c1-4-14(5-2)10-16(12-17)11-15-8-6-7-13(3)9-15/h6-9,14,16H,4-5,10-12H2,1-3H3. The minimum absolute atomic E-state index is 0.628. The van der Waals surface area contributed by atoms with Gasteiger partial charge in [-0.15, -0.1) is 11.6 Å². The summed E-state index contributed by atoms with van der Waals surface area (Å²) >= 11 is 6.12. The molecular formula is C16H25Cl. The van der Waals surface area contributed by atoms with Crippen molar-refractivity contribution < 1.29 is 0 Å². The first-order chi connectivity index (χ1) is 8.19. The van der Waals surface area contributed by atoms with Gasteiger partial charge in [-0.05, 0) is 37.2 Å². The highest BCUT2D eigenvalue weighted by Gasteiger charge is 2.14. The molecule has 0 bridgehead atoms. The van der Waals surface area contributed by atoms with Crippen LogP contribution in [0.15, 0.2) is 24.3 Å². The van der Waals surface area contributed by atoms with Crippen LogP contribution in [0.1, 0.15) is 44.2 Å². The highest BCUT2D eigenvalue weighted by atomic mass is 35.5. The average Bonchev–Trinajstić information content (AvgIpc) is 2.34. The van der Waals surface area contributed by atoms with E-state index in [0.717, 1.165) is 18.2 Å². The van der Waals surface area contributed by atoms with Gasteiger partial charge < -0.3 is 0 Å². The zero-order chi connectivity index (χ0) is 12.7. The van der Waals surface area contributed by atoms with Crippen molar-refractivity contribution in [3.8, 4) is 0 Å². The molecule has 1 aromatic rings. The van der Waals surface area contributed by atoms with Crippen LogP contribution >= 0.6 is 11.6 Å². The van der Waals surface area contributed by atoms with Crippen molar-refractivity contribution >= 4 is 11.6 Å². The summed E-state index contributed by atoms with van der Waals surface area (Å²) in [6, 6.07) is 8.80. The monoisotopic (exact) mass is 252 g/mol. The summed E-state index contributed by atoms with van der Waals surface area (Å²) in [4.78, 5) is 0. The molecule has 1 aromatic carbocycles. The Balaban J connectivity index is 2.57. The van der Waals surface area contributed by atoms with Gasteiger partial charge in [0.25, 0.3) is 0 Å². The highest BCUT2D eigenvalue weighted by molar-refractivity contribution is 6.18. The van der Waals surface area contributed by atoms with Gasteiger partial charge in [0.05, 0.1) is 0 Å². The van der Waals surface area contributed by atoms with Crippen molar-refractivity contribution in [2.45, 2.75) is 46.5 Å². The Kier molecular flexibility index (Phi) is 6.65. The van der Waals surface area contributed by atoms with Crippen LogP contribution in [0, 0.1) is 18.8 Å². The molecule has 96 valence electrons. The summed E-state index contributed by atoms with van der Waals surface area (Å²) < 4.78 is 0. The van der Waals surface area contributed by atoms with E-state index in [0.29, 0.717) is 5.92 Å². The molecule has 0 spiro atoms. The smallest absolute Gasteiger partial charge is 0.0255 e. The lowest BCUT2D eigenvalue weighted by Gasteiger charge is -2.20. The number of hydrogen-bond donors (Lipinski definition) is 0. The first kappa shape index (κ1) is 14.6. The van der Waals surface area contributed by atoms with Gasteiger partial charge in [-0.1, -0.05) is 56.5 Å². The summed E-state index contributed by atoms with van der Waals surface area (Å²) in [6.45, 7) is 6.72. The topological polar surface area (TPSA) is 0 Å². The summed E-state index contributed by atoms with van der Waals surface area (Å²) in [5.74, 6) is 2.25. The average molecular weight is 253 g/mol. The molecule has 0 saturated heterocycles. The third-order valence-corrected chi connectivity index (χ3v) is 4.08.